The molecule has 9 N–H and O–H groups in total. The maximum atomic E-state index is 13.0. The summed E-state index contributed by atoms with van der Waals surface area (Å²) in [6.45, 7) is 1.71. The number of aliphatic imine (C=N–C) groups is 1. The van der Waals surface area contributed by atoms with Gasteiger partial charge >= 0.3 is 0 Å². The number of benzene rings is 1. The van der Waals surface area contributed by atoms with Crippen LogP contribution < -0.4 is 33.2 Å². The van der Waals surface area contributed by atoms with E-state index in [9.17, 15) is 24.0 Å². The van der Waals surface area contributed by atoms with Crippen molar-refractivity contribution >= 4 is 35.9 Å². The molecular weight excluding hydrogens is 454 g/mol. The summed E-state index contributed by atoms with van der Waals surface area (Å²) in [7, 11) is 0. The van der Waals surface area contributed by atoms with Gasteiger partial charge in [-0.1, -0.05) is 30.3 Å². The van der Waals surface area contributed by atoms with Crippen LogP contribution >= 0.6 is 0 Å². The third-order valence-electron chi connectivity index (χ3n) is 5.02. The molecule has 35 heavy (non-hydrogen) atoms. The van der Waals surface area contributed by atoms with Gasteiger partial charge in [0.2, 0.25) is 23.6 Å². The standard InChI is InChI=1S/C23H35N7O5/c1-15(28-19(32)11-5-6-13-31)21(34)29-17(10-7-12-27-23(25)26)22(35)30-18(20(24)33)14-16-8-3-2-4-9-16/h2-4,8-9,13,15,17-18H,5-7,10-12,14H2,1H3,(H2,24,33)(H,28,32)(H,29,34)(H,30,35)(H4,25,26,27)/t15-,17-,18-/m0/s1. The summed E-state index contributed by atoms with van der Waals surface area (Å²) < 4.78 is 0. The van der Waals surface area contributed by atoms with Crippen LogP contribution in [-0.4, -0.2) is 60.5 Å². The van der Waals surface area contributed by atoms with Crippen molar-refractivity contribution < 1.29 is 24.0 Å². The lowest BCUT2D eigenvalue weighted by molar-refractivity contribution is -0.133. The van der Waals surface area contributed by atoms with E-state index in [1.54, 1.807) is 24.3 Å². The number of nitrogens with zero attached hydrogens (tertiary/aromatic N) is 1. The summed E-state index contributed by atoms with van der Waals surface area (Å²) in [5.74, 6) is -2.40. The second-order valence-corrected chi connectivity index (χ2v) is 8.01. The Morgan fingerprint density at radius 3 is 2.20 bits per heavy atom. The highest BCUT2D eigenvalue weighted by Crippen LogP contribution is 2.06. The maximum absolute atomic E-state index is 13.0. The van der Waals surface area contributed by atoms with Crippen molar-refractivity contribution in [3.8, 4) is 0 Å². The van der Waals surface area contributed by atoms with E-state index in [2.05, 4.69) is 20.9 Å². The number of hydrogen-bond donors (Lipinski definition) is 6. The number of unbranched alkanes of at least 4 members (excludes halogenated alkanes) is 1. The molecule has 1 aromatic carbocycles. The molecule has 0 heterocycles. The van der Waals surface area contributed by atoms with Gasteiger partial charge in [0.15, 0.2) is 5.96 Å². The summed E-state index contributed by atoms with van der Waals surface area (Å²) in [4.78, 5) is 63.8. The highest BCUT2D eigenvalue weighted by atomic mass is 16.2. The SMILES string of the molecule is C[C@H](NC(=O)CCCC=O)C(=O)N[C@@H](CCCN=C(N)N)C(=O)N[C@@H](Cc1ccccc1)C(N)=O. The Morgan fingerprint density at radius 1 is 0.943 bits per heavy atom. The van der Waals surface area contributed by atoms with Crippen LogP contribution in [0.4, 0.5) is 0 Å². The van der Waals surface area contributed by atoms with Crippen molar-refractivity contribution in [2.24, 2.45) is 22.2 Å². The van der Waals surface area contributed by atoms with E-state index in [-0.39, 0.29) is 44.1 Å². The van der Waals surface area contributed by atoms with Crippen LogP contribution in [0.25, 0.3) is 0 Å². The van der Waals surface area contributed by atoms with Crippen LogP contribution in [0.15, 0.2) is 35.3 Å². The van der Waals surface area contributed by atoms with E-state index in [0.717, 1.165) is 5.56 Å². The number of amides is 4. The van der Waals surface area contributed by atoms with Crippen LogP contribution in [0.1, 0.15) is 44.6 Å². The summed E-state index contributed by atoms with van der Waals surface area (Å²) in [5, 5.41) is 7.73. The molecule has 0 spiro atoms. The minimum atomic E-state index is -1.02. The number of carbonyl (C=O) groups excluding carboxylic acids is 5. The van der Waals surface area contributed by atoms with Gasteiger partial charge in [-0.15, -0.1) is 0 Å². The van der Waals surface area contributed by atoms with Crippen molar-refractivity contribution in [3.05, 3.63) is 35.9 Å². The van der Waals surface area contributed by atoms with E-state index < -0.39 is 35.8 Å². The fourth-order valence-electron chi connectivity index (χ4n) is 3.14. The van der Waals surface area contributed by atoms with E-state index in [1.807, 2.05) is 6.07 Å². The number of hydrogen-bond acceptors (Lipinski definition) is 6. The zero-order valence-electron chi connectivity index (χ0n) is 19.9. The topological polar surface area (TPSA) is 212 Å². The average molecular weight is 490 g/mol. The first kappa shape index (κ1) is 29.1. The molecule has 0 saturated heterocycles. The van der Waals surface area contributed by atoms with Gasteiger partial charge in [0, 0.05) is 25.8 Å². The first-order chi connectivity index (χ1) is 16.6. The van der Waals surface area contributed by atoms with Gasteiger partial charge in [0.1, 0.15) is 24.4 Å². The number of carbonyl (C=O) groups is 5. The molecule has 4 amide bonds. The highest BCUT2D eigenvalue weighted by Gasteiger charge is 2.27. The fraction of sp³-hybridized carbons (Fsp3) is 0.478. The van der Waals surface area contributed by atoms with Gasteiger partial charge in [-0.05, 0) is 31.7 Å². The molecule has 0 aliphatic rings. The zero-order valence-corrected chi connectivity index (χ0v) is 19.9. The van der Waals surface area contributed by atoms with Crippen LogP contribution in [0, 0.1) is 0 Å². The quantitative estimate of drug-likeness (QED) is 0.0707. The second kappa shape index (κ2) is 15.8. The first-order valence-electron chi connectivity index (χ1n) is 11.4. The predicted molar refractivity (Wildman–Crippen MR) is 131 cm³/mol. The molecule has 0 bridgehead atoms. The molecular formula is C23H35N7O5. The van der Waals surface area contributed by atoms with Gasteiger partial charge < -0.3 is 37.9 Å². The summed E-state index contributed by atoms with van der Waals surface area (Å²) in [6, 6.07) is 6.09. The van der Waals surface area contributed by atoms with Crippen molar-refractivity contribution in [2.45, 2.75) is 63.6 Å². The van der Waals surface area contributed by atoms with Gasteiger partial charge in [0.05, 0.1) is 0 Å². The molecule has 0 aliphatic heterocycles. The van der Waals surface area contributed by atoms with Gasteiger partial charge in [0.25, 0.3) is 0 Å². The molecule has 0 radical (unpaired) electrons. The van der Waals surface area contributed by atoms with E-state index in [4.69, 9.17) is 17.2 Å². The number of rotatable bonds is 16. The predicted octanol–water partition coefficient (Wildman–Crippen LogP) is -1.39. The number of nitrogens with one attached hydrogen (secondary N) is 3. The molecule has 1 rings (SSSR count). The average Bonchev–Trinajstić information content (AvgIpc) is 2.80. The van der Waals surface area contributed by atoms with Gasteiger partial charge in [-0.2, -0.15) is 0 Å². The van der Waals surface area contributed by atoms with Crippen molar-refractivity contribution in [1.82, 2.24) is 16.0 Å². The molecule has 3 atom stereocenters. The molecule has 0 saturated carbocycles. The molecule has 192 valence electrons. The summed E-state index contributed by atoms with van der Waals surface area (Å²) in [6.07, 6.45) is 2.15. The normalized spacial score (nSPS) is 12.9. The Labute approximate surface area is 204 Å². The van der Waals surface area contributed by atoms with E-state index in [0.29, 0.717) is 19.1 Å². The first-order valence-corrected chi connectivity index (χ1v) is 11.4. The molecule has 0 unspecified atom stereocenters. The molecule has 0 aliphatic carbocycles. The summed E-state index contributed by atoms with van der Waals surface area (Å²) >= 11 is 0. The second-order valence-electron chi connectivity index (χ2n) is 8.01. The van der Waals surface area contributed by atoms with Crippen molar-refractivity contribution in [3.63, 3.8) is 0 Å². The largest absolute Gasteiger partial charge is 0.370 e. The summed E-state index contributed by atoms with van der Waals surface area (Å²) in [5.41, 5.74) is 16.9. The Bertz CT molecular complexity index is 888. The smallest absolute Gasteiger partial charge is 0.243 e. The lowest BCUT2D eigenvalue weighted by atomic mass is 10.0. The lowest BCUT2D eigenvalue weighted by Crippen LogP contribution is -2.56. The lowest BCUT2D eigenvalue weighted by Gasteiger charge is -2.23. The minimum Gasteiger partial charge on any atom is -0.370 e. The van der Waals surface area contributed by atoms with Crippen LogP contribution in [0.2, 0.25) is 0 Å². The van der Waals surface area contributed by atoms with Crippen LogP contribution in [0.3, 0.4) is 0 Å². The maximum Gasteiger partial charge on any atom is 0.243 e. The molecule has 0 fully saturated rings. The number of guanidine groups is 1. The van der Waals surface area contributed by atoms with Crippen LogP contribution in [0.5, 0.6) is 0 Å². The Morgan fingerprint density at radius 2 is 1.60 bits per heavy atom. The minimum absolute atomic E-state index is 0.0958. The third kappa shape index (κ3) is 12.2. The number of aldehydes is 1. The van der Waals surface area contributed by atoms with E-state index in [1.165, 1.54) is 6.92 Å². The van der Waals surface area contributed by atoms with Crippen molar-refractivity contribution in [1.29, 1.82) is 0 Å². The fourth-order valence-corrected chi connectivity index (χ4v) is 3.14. The zero-order chi connectivity index (χ0) is 26.2. The molecule has 1 aromatic rings. The molecule has 0 aromatic heterocycles. The Kier molecular flexibility index (Phi) is 13.1. The highest BCUT2D eigenvalue weighted by molar-refractivity contribution is 5.93. The van der Waals surface area contributed by atoms with Crippen molar-refractivity contribution in [2.75, 3.05) is 6.54 Å². The van der Waals surface area contributed by atoms with E-state index >= 15 is 0 Å². The Hall–Kier alpha value is -3.96. The van der Waals surface area contributed by atoms with Crippen LogP contribution in [-0.2, 0) is 30.4 Å². The molecule has 12 heteroatoms. The number of nitrogens with two attached hydrogens (primary N) is 3. The third-order valence-corrected chi connectivity index (χ3v) is 5.02. The molecule has 12 nitrogen and oxygen atoms in total. The Balaban J connectivity index is 2.84. The monoisotopic (exact) mass is 489 g/mol. The van der Waals surface area contributed by atoms with Gasteiger partial charge in [-0.3, -0.25) is 24.2 Å². The van der Waals surface area contributed by atoms with Gasteiger partial charge in [-0.25, -0.2) is 0 Å². The number of primary amides is 1.